The van der Waals surface area contributed by atoms with Gasteiger partial charge in [-0.05, 0) is 29.3 Å². The highest BCUT2D eigenvalue weighted by atomic mass is 32.1. The Kier molecular flexibility index (Phi) is 4.84. The van der Waals surface area contributed by atoms with Crippen LogP contribution in [0.4, 0.5) is 0 Å². The maximum atomic E-state index is 13.3. The number of fused-ring (bicyclic) bond motifs is 1. The van der Waals surface area contributed by atoms with Crippen LogP contribution in [0, 0.1) is 0 Å². The van der Waals surface area contributed by atoms with E-state index in [9.17, 15) is 19.8 Å². The third-order valence-corrected chi connectivity index (χ3v) is 6.44. The van der Waals surface area contributed by atoms with E-state index in [1.165, 1.54) is 23.9 Å². The quantitative estimate of drug-likeness (QED) is 0.306. The number of carbonyl (C=O) groups excluding carboxylic acids is 1. The molecule has 6 heteroatoms. The number of furan rings is 1. The molecular formula is C26H16O5S. The molecule has 0 fully saturated rings. The largest absolute Gasteiger partial charge is 0.508 e. The molecule has 5 rings (SSSR count). The summed E-state index contributed by atoms with van der Waals surface area (Å²) in [5.74, 6) is -1.01. The van der Waals surface area contributed by atoms with E-state index in [1.54, 1.807) is 24.3 Å². The van der Waals surface area contributed by atoms with Crippen molar-refractivity contribution in [3.8, 4) is 28.0 Å². The summed E-state index contributed by atoms with van der Waals surface area (Å²) in [7, 11) is 0. The summed E-state index contributed by atoms with van der Waals surface area (Å²) in [5.41, 5.74) is 3.49. The third kappa shape index (κ3) is 3.36. The van der Waals surface area contributed by atoms with Gasteiger partial charge < -0.3 is 14.6 Å². The van der Waals surface area contributed by atoms with Crippen molar-refractivity contribution < 1.29 is 24.2 Å². The number of hydrogen-bond acceptors (Lipinski definition) is 5. The lowest BCUT2D eigenvalue weighted by Gasteiger charge is -2.07. The van der Waals surface area contributed by atoms with Gasteiger partial charge in [0, 0.05) is 26.8 Å². The molecule has 0 aliphatic carbocycles. The Morgan fingerprint density at radius 3 is 2.28 bits per heavy atom. The van der Waals surface area contributed by atoms with Gasteiger partial charge >= 0.3 is 5.97 Å². The lowest BCUT2D eigenvalue weighted by Crippen LogP contribution is -2.00. The molecule has 0 radical (unpaired) electrons. The lowest BCUT2D eigenvalue weighted by molar-refractivity contribution is 0.0696. The molecule has 0 spiro atoms. The highest BCUT2D eigenvalue weighted by Crippen LogP contribution is 2.42. The number of phenolic OH excluding ortho intramolecular Hbond substituents is 1. The fourth-order valence-corrected chi connectivity index (χ4v) is 4.98. The number of carboxylic acid groups (broad SMARTS) is 1. The number of aromatic carboxylic acids is 1. The summed E-state index contributed by atoms with van der Waals surface area (Å²) < 4.78 is 5.90. The van der Waals surface area contributed by atoms with Gasteiger partial charge in [-0.15, -0.1) is 11.3 Å². The topological polar surface area (TPSA) is 87.7 Å². The van der Waals surface area contributed by atoms with Crippen LogP contribution in [0.15, 0.2) is 89.7 Å². The van der Waals surface area contributed by atoms with Crippen molar-refractivity contribution in [3.63, 3.8) is 0 Å². The third-order valence-electron chi connectivity index (χ3n) is 5.29. The summed E-state index contributed by atoms with van der Waals surface area (Å²) in [6.07, 6.45) is 2.62. The van der Waals surface area contributed by atoms with E-state index in [1.807, 2.05) is 48.5 Å². The van der Waals surface area contributed by atoms with E-state index in [0.717, 1.165) is 21.2 Å². The van der Waals surface area contributed by atoms with Crippen molar-refractivity contribution >= 4 is 33.2 Å². The smallest absolute Gasteiger partial charge is 0.339 e. The van der Waals surface area contributed by atoms with E-state index in [2.05, 4.69) is 0 Å². The molecule has 0 amide bonds. The molecular weight excluding hydrogens is 424 g/mol. The molecule has 0 bridgehead atoms. The van der Waals surface area contributed by atoms with E-state index in [4.69, 9.17) is 4.42 Å². The number of ketones is 1. The van der Waals surface area contributed by atoms with Gasteiger partial charge in [-0.1, -0.05) is 54.6 Å². The summed E-state index contributed by atoms with van der Waals surface area (Å²) >= 11 is 1.34. The van der Waals surface area contributed by atoms with Crippen LogP contribution in [-0.4, -0.2) is 22.0 Å². The first-order valence-corrected chi connectivity index (χ1v) is 10.6. The zero-order valence-corrected chi connectivity index (χ0v) is 17.4. The zero-order chi connectivity index (χ0) is 22.2. The zero-order valence-electron chi connectivity index (χ0n) is 16.6. The lowest BCUT2D eigenvalue weighted by atomic mass is 9.96. The number of carboxylic acids is 1. The Balaban J connectivity index is 1.65. The Hall–Kier alpha value is -4.16. The molecule has 0 aliphatic heterocycles. The minimum absolute atomic E-state index is 0.0895. The normalized spacial score (nSPS) is 11.0. The van der Waals surface area contributed by atoms with E-state index >= 15 is 0 Å². The second-order valence-electron chi connectivity index (χ2n) is 7.26. The monoisotopic (exact) mass is 440 g/mol. The van der Waals surface area contributed by atoms with Gasteiger partial charge in [0.05, 0.1) is 11.1 Å². The van der Waals surface area contributed by atoms with Crippen LogP contribution in [0.25, 0.3) is 32.3 Å². The molecule has 3 aromatic carbocycles. The molecule has 2 N–H and O–H groups in total. The van der Waals surface area contributed by atoms with Crippen LogP contribution >= 0.6 is 11.3 Å². The average molecular weight is 440 g/mol. The van der Waals surface area contributed by atoms with E-state index in [-0.39, 0.29) is 17.1 Å². The minimum Gasteiger partial charge on any atom is -0.508 e. The average Bonchev–Trinajstić information content (AvgIpc) is 3.44. The van der Waals surface area contributed by atoms with Gasteiger partial charge in [0.15, 0.2) is 0 Å². The molecule has 0 unspecified atom stereocenters. The Morgan fingerprint density at radius 1 is 0.844 bits per heavy atom. The van der Waals surface area contributed by atoms with Crippen LogP contribution in [0.5, 0.6) is 5.75 Å². The molecule has 2 heterocycles. The summed E-state index contributed by atoms with van der Waals surface area (Å²) in [5, 5.41) is 20.2. The second kappa shape index (κ2) is 7.83. The van der Waals surface area contributed by atoms with Crippen molar-refractivity contribution in [1.82, 2.24) is 0 Å². The Labute approximate surface area is 186 Å². The molecule has 0 saturated carbocycles. The number of carbonyl (C=O) groups is 2. The number of aromatic hydroxyl groups is 1. The fraction of sp³-hybridized carbons (Fsp3) is 0. The van der Waals surface area contributed by atoms with Crippen molar-refractivity contribution in [2.24, 2.45) is 0 Å². The van der Waals surface area contributed by atoms with Gasteiger partial charge in [0.25, 0.3) is 0 Å². The number of phenols is 1. The molecule has 0 saturated heterocycles. The molecule has 0 aliphatic rings. The first kappa shape index (κ1) is 19.8. The van der Waals surface area contributed by atoms with Crippen LogP contribution in [0.1, 0.15) is 25.6 Å². The van der Waals surface area contributed by atoms with Gasteiger partial charge in [-0.25, -0.2) is 4.79 Å². The number of hydrogen-bond donors (Lipinski definition) is 2. The van der Waals surface area contributed by atoms with Crippen molar-refractivity contribution in [2.75, 3.05) is 0 Å². The molecule has 5 aromatic rings. The standard InChI is InChI=1S/C26H16O5S/c27-18-10-11-19-22(12-18)32-25(24(28)17-4-2-1-3-5-17)23(19)16-8-6-15(7-9-16)20-13-31-14-21(20)26(29)30/h1-14,27H,(H,29,30). The van der Waals surface area contributed by atoms with Crippen molar-refractivity contribution in [3.05, 3.63) is 101 Å². The SMILES string of the molecule is O=C(O)c1cocc1-c1ccc(-c2c(C(=O)c3ccccc3)sc3cc(O)ccc23)cc1. The minimum atomic E-state index is -1.06. The van der Waals surface area contributed by atoms with Crippen LogP contribution in [0.2, 0.25) is 0 Å². The number of rotatable bonds is 5. The van der Waals surface area contributed by atoms with Gasteiger partial charge in [0.2, 0.25) is 5.78 Å². The Bertz CT molecular complexity index is 1460. The summed E-state index contributed by atoms with van der Waals surface area (Å²) in [6, 6.07) is 21.5. The fourth-order valence-electron chi connectivity index (χ4n) is 3.76. The molecule has 2 aromatic heterocycles. The van der Waals surface area contributed by atoms with Gasteiger partial charge in [-0.3, -0.25) is 4.79 Å². The first-order valence-electron chi connectivity index (χ1n) is 9.78. The van der Waals surface area contributed by atoms with Crippen LogP contribution in [0.3, 0.4) is 0 Å². The van der Waals surface area contributed by atoms with E-state index in [0.29, 0.717) is 21.6 Å². The molecule has 156 valence electrons. The van der Waals surface area contributed by atoms with Crippen LogP contribution in [-0.2, 0) is 0 Å². The first-order chi connectivity index (χ1) is 15.5. The maximum absolute atomic E-state index is 13.3. The predicted molar refractivity (Wildman–Crippen MR) is 123 cm³/mol. The van der Waals surface area contributed by atoms with Crippen molar-refractivity contribution in [1.29, 1.82) is 0 Å². The highest BCUT2D eigenvalue weighted by Gasteiger charge is 2.22. The number of benzene rings is 3. The second-order valence-corrected chi connectivity index (χ2v) is 8.32. The predicted octanol–water partition coefficient (Wildman–Crippen LogP) is 6.46. The number of thiophene rings is 1. The van der Waals surface area contributed by atoms with Gasteiger partial charge in [0.1, 0.15) is 17.6 Å². The van der Waals surface area contributed by atoms with Crippen molar-refractivity contribution in [2.45, 2.75) is 0 Å². The van der Waals surface area contributed by atoms with Crippen LogP contribution < -0.4 is 0 Å². The van der Waals surface area contributed by atoms with Gasteiger partial charge in [-0.2, -0.15) is 0 Å². The van der Waals surface area contributed by atoms with E-state index < -0.39 is 5.97 Å². The Morgan fingerprint density at radius 2 is 1.56 bits per heavy atom. The summed E-state index contributed by atoms with van der Waals surface area (Å²) in [4.78, 5) is 25.3. The molecule has 0 atom stereocenters. The summed E-state index contributed by atoms with van der Waals surface area (Å²) in [6.45, 7) is 0. The molecule has 5 nitrogen and oxygen atoms in total. The molecule has 32 heavy (non-hydrogen) atoms. The maximum Gasteiger partial charge on any atom is 0.339 e. The highest BCUT2D eigenvalue weighted by molar-refractivity contribution is 7.21.